The van der Waals surface area contributed by atoms with Crippen LogP contribution in [0.1, 0.15) is 79.8 Å². The lowest BCUT2D eigenvalue weighted by Crippen LogP contribution is -2.81. The van der Waals surface area contributed by atoms with Gasteiger partial charge in [-0.1, -0.05) is 50.3 Å². The van der Waals surface area contributed by atoms with Crippen molar-refractivity contribution in [1.29, 1.82) is 0 Å². The van der Waals surface area contributed by atoms with E-state index >= 15 is 0 Å². The van der Waals surface area contributed by atoms with E-state index in [1.165, 1.54) is 13.8 Å². The molecule has 3 aliphatic carbocycles. The Hall–Kier alpha value is -3.95. The number of benzene rings is 1. The first-order valence-electron chi connectivity index (χ1n) is 17.4. The molecule has 284 valence electrons. The molecule has 2 bridgehead atoms. The normalized spacial score (nSPS) is 36.4. The summed E-state index contributed by atoms with van der Waals surface area (Å²) in [5, 5.41) is 51.1. The third-order valence-corrected chi connectivity index (χ3v) is 12.0. The van der Waals surface area contributed by atoms with Crippen molar-refractivity contribution in [3.63, 3.8) is 0 Å². The Labute approximate surface area is 302 Å². The molecule has 4 aliphatic rings. The van der Waals surface area contributed by atoms with E-state index < -0.39 is 107 Å². The Balaban J connectivity index is 1.64. The van der Waals surface area contributed by atoms with Crippen LogP contribution in [-0.4, -0.2) is 104 Å². The number of esters is 3. The largest absolute Gasteiger partial charge is 0.456 e. The number of Topliss-reactive ketones (excluding diaryl/α,β-unsaturated/α-hetero) is 1. The average molecular weight is 728 g/mol. The van der Waals surface area contributed by atoms with Crippen LogP contribution in [0.2, 0.25) is 0 Å². The van der Waals surface area contributed by atoms with E-state index in [0.717, 1.165) is 13.8 Å². The number of ketones is 1. The number of carbonyl (C=O) groups excluding carboxylic acids is 5. The Bertz CT molecular complexity index is 1700. The molecule has 52 heavy (non-hydrogen) atoms. The summed E-state index contributed by atoms with van der Waals surface area (Å²) in [6.07, 6.45) is -8.54. The Morgan fingerprint density at radius 2 is 1.65 bits per heavy atom. The number of nitrogens with one attached hydrogen (secondary N) is 1. The van der Waals surface area contributed by atoms with Gasteiger partial charge < -0.3 is 44.7 Å². The molecule has 1 aliphatic heterocycles. The summed E-state index contributed by atoms with van der Waals surface area (Å²) < 4.78 is 23.1. The average Bonchev–Trinajstić information content (AvgIpc) is 3.08. The maximum atomic E-state index is 14.9. The van der Waals surface area contributed by atoms with Crippen LogP contribution in [-0.2, 0) is 42.9 Å². The van der Waals surface area contributed by atoms with E-state index in [4.69, 9.17) is 18.9 Å². The molecule has 2 saturated carbocycles. The second-order valence-corrected chi connectivity index (χ2v) is 15.2. The minimum atomic E-state index is -2.30. The second kappa shape index (κ2) is 13.8. The van der Waals surface area contributed by atoms with E-state index in [1.807, 2.05) is 0 Å². The maximum Gasteiger partial charge on any atom is 0.338 e. The van der Waals surface area contributed by atoms with E-state index in [9.17, 15) is 44.4 Å². The summed E-state index contributed by atoms with van der Waals surface area (Å²) in [6.45, 7) is 11.2. The summed E-state index contributed by atoms with van der Waals surface area (Å²) >= 11 is 0. The van der Waals surface area contributed by atoms with Crippen LogP contribution in [0, 0.1) is 16.7 Å². The highest BCUT2D eigenvalue weighted by atomic mass is 16.6. The number of carbonyl (C=O) groups is 5. The number of ether oxygens (including phenoxy) is 4. The lowest BCUT2D eigenvalue weighted by Gasteiger charge is -2.67. The highest BCUT2D eigenvalue weighted by Crippen LogP contribution is 2.63. The molecule has 1 heterocycles. The molecule has 0 aromatic heterocycles. The van der Waals surface area contributed by atoms with Gasteiger partial charge in [0.2, 0.25) is 5.91 Å². The molecule has 5 rings (SSSR count). The molecule has 14 nitrogen and oxygen atoms in total. The van der Waals surface area contributed by atoms with Gasteiger partial charge in [-0.3, -0.25) is 19.2 Å². The standard InChI is InChI=1S/C38H49NO13/c1-9-18(2)33(46)39-27(22-13-11-10-12-14-22)28(43)34(47)51-23-16-38(48)32(45)30-36(8,24(42)15-25-37(30,17-49-25)52-21(5)41)31(44)29(50-20(4)40)26(19(23)3)35(38,6)7/h9-14,23-25,27-30,32,42-43,45,48H,15-17H2,1-8H3,(H,39,46)/b18-9+/t23-,24-,25?,27?,28?,29+,30?,32-,36+,37-,38+/m0/s1. The second-order valence-electron chi connectivity index (χ2n) is 15.2. The number of allylic oxidation sites excluding steroid dienone is 1. The number of amides is 1. The lowest BCUT2D eigenvalue weighted by atomic mass is 9.44. The van der Waals surface area contributed by atoms with Crippen LogP contribution in [0.5, 0.6) is 0 Å². The van der Waals surface area contributed by atoms with Crippen LogP contribution in [0.15, 0.2) is 53.1 Å². The number of hydrogen-bond acceptors (Lipinski definition) is 13. The van der Waals surface area contributed by atoms with Crippen molar-refractivity contribution in [2.45, 2.75) is 122 Å². The van der Waals surface area contributed by atoms with Gasteiger partial charge in [-0.2, -0.15) is 0 Å². The van der Waals surface area contributed by atoms with Crippen molar-refractivity contribution in [3.8, 4) is 0 Å². The molecule has 1 aromatic carbocycles. The summed E-state index contributed by atoms with van der Waals surface area (Å²) in [5.74, 6) is -5.66. The van der Waals surface area contributed by atoms with Gasteiger partial charge in [0.25, 0.3) is 0 Å². The third-order valence-electron chi connectivity index (χ3n) is 12.0. The first kappa shape index (κ1) is 39.3. The minimum Gasteiger partial charge on any atom is -0.456 e. The number of hydrogen-bond donors (Lipinski definition) is 5. The van der Waals surface area contributed by atoms with Crippen LogP contribution < -0.4 is 5.32 Å². The van der Waals surface area contributed by atoms with E-state index in [1.54, 1.807) is 64.1 Å². The molecule has 5 N–H and O–H groups in total. The van der Waals surface area contributed by atoms with Crippen molar-refractivity contribution < 1.29 is 63.3 Å². The van der Waals surface area contributed by atoms with Gasteiger partial charge in [-0.15, -0.1) is 0 Å². The maximum absolute atomic E-state index is 14.9. The molecule has 11 atom stereocenters. The molecule has 4 unspecified atom stereocenters. The molecular weight excluding hydrogens is 678 g/mol. The molecule has 1 saturated heterocycles. The molecule has 14 heteroatoms. The Morgan fingerprint density at radius 1 is 1.02 bits per heavy atom. The zero-order chi connectivity index (χ0) is 38.7. The molecule has 0 radical (unpaired) electrons. The number of aliphatic hydroxyl groups excluding tert-OH is 3. The van der Waals surface area contributed by atoms with E-state index in [2.05, 4.69) is 5.32 Å². The van der Waals surface area contributed by atoms with Gasteiger partial charge >= 0.3 is 17.9 Å². The van der Waals surface area contributed by atoms with Crippen LogP contribution in [0.4, 0.5) is 0 Å². The summed E-state index contributed by atoms with van der Waals surface area (Å²) in [6, 6.07) is 7.02. The third kappa shape index (κ3) is 5.98. The molecular formula is C38H49NO13. The predicted octanol–water partition coefficient (Wildman–Crippen LogP) is 1.52. The number of fused-ring (bicyclic) bond motifs is 5. The van der Waals surface area contributed by atoms with Crippen molar-refractivity contribution in [2.75, 3.05) is 6.61 Å². The van der Waals surface area contributed by atoms with Crippen molar-refractivity contribution in [1.82, 2.24) is 5.32 Å². The topological polar surface area (TPSA) is 215 Å². The fourth-order valence-corrected chi connectivity index (χ4v) is 8.87. The SMILES string of the molecule is C/C=C(\C)C(=O)NC(c1ccccc1)C(O)C(=O)O[C@H]1C[C@@]2(O)[C@@H](O)C3[C@]4(OC(C)=O)COC4C[C@H](O)[C@@]3(C)C(=O)[C@H](OC(C)=O)C(=C1C)C2(C)C. The van der Waals surface area contributed by atoms with Crippen LogP contribution in [0.3, 0.4) is 0 Å². The molecule has 1 aromatic rings. The van der Waals surface area contributed by atoms with Gasteiger partial charge in [0.15, 0.2) is 23.6 Å². The van der Waals surface area contributed by atoms with Gasteiger partial charge in [-0.05, 0) is 44.4 Å². The van der Waals surface area contributed by atoms with Gasteiger partial charge in [0, 0.05) is 43.6 Å². The smallest absolute Gasteiger partial charge is 0.338 e. The van der Waals surface area contributed by atoms with Gasteiger partial charge in [0.1, 0.15) is 17.8 Å². The highest BCUT2D eigenvalue weighted by Gasteiger charge is 2.77. The Morgan fingerprint density at radius 3 is 2.19 bits per heavy atom. The summed E-state index contributed by atoms with van der Waals surface area (Å²) in [7, 11) is 0. The van der Waals surface area contributed by atoms with Crippen molar-refractivity contribution in [2.24, 2.45) is 16.7 Å². The van der Waals surface area contributed by atoms with Crippen molar-refractivity contribution >= 4 is 29.6 Å². The molecule has 1 amide bonds. The minimum absolute atomic E-state index is 0.0322. The first-order valence-corrected chi connectivity index (χ1v) is 17.4. The summed E-state index contributed by atoms with van der Waals surface area (Å²) in [4.78, 5) is 66.9. The van der Waals surface area contributed by atoms with Gasteiger partial charge in [0.05, 0.1) is 30.3 Å². The number of rotatable bonds is 8. The fraction of sp³-hybridized carbons (Fsp3) is 0.605. The molecule has 3 fully saturated rings. The van der Waals surface area contributed by atoms with E-state index in [-0.39, 0.29) is 24.2 Å². The number of aliphatic hydroxyl groups is 4. The predicted molar refractivity (Wildman–Crippen MR) is 182 cm³/mol. The highest BCUT2D eigenvalue weighted by molar-refractivity contribution is 5.95. The fourth-order valence-electron chi connectivity index (χ4n) is 8.87. The first-order chi connectivity index (χ1) is 24.2. The Kier molecular flexibility index (Phi) is 10.4. The van der Waals surface area contributed by atoms with E-state index in [0.29, 0.717) is 11.1 Å². The lowest BCUT2D eigenvalue weighted by molar-refractivity contribution is -0.346. The van der Waals surface area contributed by atoms with Crippen molar-refractivity contribution in [3.05, 3.63) is 58.7 Å². The zero-order valence-electron chi connectivity index (χ0n) is 30.7. The van der Waals surface area contributed by atoms with Crippen LogP contribution >= 0.6 is 0 Å². The monoisotopic (exact) mass is 727 g/mol. The zero-order valence-corrected chi connectivity index (χ0v) is 30.7. The summed E-state index contributed by atoms with van der Waals surface area (Å²) in [5.41, 5.74) is -6.51. The van der Waals surface area contributed by atoms with Crippen LogP contribution in [0.25, 0.3) is 0 Å². The molecule has 0 spiro atoms. The quantitative estimate of drug-likeness (QED) is 0.111. The van der Waals surface area contributed by atoms with Gasteiger partial charge in [-0.25, -0.2) is 4.79 Å².